The highest BCUT2D eigenvalue weighted by atomic mass is 16.3. The van der Waals surface area contributed by atoms with Crippen molar-refractivity contribution in [3.8, 4) is 0 Å². The van der Waals surface area contributed by atoms with Crippen LogP contribution in [0.3, 0.4) is 0 Å². The summed E-state index contributed by atoms with van der Waals surface area (Å²) in [5.41, 5.74) is 0. The molecule has 0 saturated heterocycles. The van der Waals surface area contributed by atoms with Crippen LogP contribution < -0.4 is 5.32 Å². The zero-order valence-corrected chi connectivity index (χ0v) is 9.42. The maximum Gasteiger partial charge on any atom is 0.104 e. The van der Waals surface area contributed by atoms with Crippen molar-refractivity contribution in [2.24, 2.45) is 11.8 Å². The number of furan rings is 1. The zero-order valence-electron chi connectivity index (χ0n) is 9.42. The summed E-state index contributed by atoms with van der Waals surface area (Å²) in [5.74, 6) is 2.46. The highest BCUT2D eigenvalue weighted by Crippen LogP contribution is 2.16. The van der Waals surface area contributed by atoms with Crippen molar-refractivity contribution in [3.63, 3.8) is 0 Å². The fraction of sp³-hybridized carbons (Fsp3) is 0.667. The van der Waals surface area contributed by atoms with Crippen LogP contribution >= 0.6 is 0 Å². The van der Waals surface area contributed by atoms with Gasteiger partial charge in [-0.3, -0.25) is 0 Å². The average molecular weight is 195 g/mol. The van der Waals surface area contributed by atoms with E-state index in [1.165, 1.54) is 0 Å². The number of nitrogens with one attached hydrogen (secondary N) is 1. The van der Waals surface area contributed by atoms with Gasteiger partial charge in [-0.2, -0.15) is 0 Å². The lowest BCUT2D eigenvalue weighted by Gasteiger charge is -2.19. The van der Waals surface area contributed by atoms with E-state index in [4.69, 9.17) is 4.42 Å². The van der Waals surface area contributed by atoms with Gasteiger partial charge in [0.1, 0.15) is 5.76 Å². The number of hydrogen-bond acceptors (Lipinski definition) is 2. The van der Waals surface area contributed by atoms with E-state index in [0.29, 0.717) is 11.8 Å². The molecule has 0 bridgehead atoms. The summed E-state index contributed by atoms with van der Waals surface area (Å²) in [7, 11) is 0. The van der Waals surface area contributed by atoms with Gasteiger partial charge >= 0.3 is 0 Å². The Morgan fingerprint density at radius 2 is 2.21 bits per heavy atom. The van der Waals surface area contributed by atoms with E-state index in [2.05, 4.69) is 32.2 Å². The summed E-state index contributed by atoms with van der Waals surface area (Å²) in [6, 6.07) is 4.02. The molecule has 1 rings (SSSR count). The highest BCUT2D eigenvalue weighted by molar-refractivity contribution is 4.99. The van der Waals surface area contributed by atoms with Crippen molar-refractivity contribution >= 4 is 0 Å². The average Bonchev–Trinajstić information content (AvgIpc) is 2.64. The second kappa shape index (κ2) is 5.86. The lowest BCUT2D eigenvalue weighted by molar-refractivity contribution is 0.337. The van der Waals surface area contributed by atoms with Gasteiger partial charge in [0.25, 0.3) is 0 Å². The van der Waals surface area contributed by atoms with Crippen molar-refractivity contribution in [3.05, 3.63) is 24.2 Å². The van der Waals surface area contributed by atoms with Gasteiger partial charge in [0.05, 0.1) is 6.26 Å². The van der Waals surface area contributed by atoms with Crippen molar-refractivity contribution in [1.29, 1.82) is 0 Å². The lowest BCUT2D eigenvalue weighted by atomic mass is 9.91. The molecule has 1 aromatic heterocycles. The molecule has 0 aliphatic carbocycles. The van der Waals surface area contributed by atoms with Crippen LogP contribution in [0.5, 0.6) is 0 Å². The SMILES string of the molecule is CCNCC(Cc1ccco1)C(C)C. The van der Waals surface area contributed by atoms with Gasteiger partial charge in [0, 0.05) is 6.42 Å². The third-order valence-corrected chi connectivity index (χ3v) is 2.64. The van der Waals surface area contributed by atoms with E-state index < -0.39 is 0 Å². The minimum atomic E-state index is 0.668. The fourth-order valence-corrected chi connectivity index (χ4v) is 1.56. The minimum Gasteiger partial charge on any atom is -0.469 e. The van der Waals surface area contributed by atoms with E-state index in [1.807, 2.05) is 6.07 Å². The van der Waals surface area contributed by atoms with Crippen LogP contribution in [-0.2, 0) is 6.42 Å². The molecule has 0 radical (unpaired) electrons. The molecule has 0 saturated carbocycles. The normalized spacial score (nSPS) is 13.4. The van der Waals surface area contributed by atoms with Gasteiger partial charge in [0.2, 0.25) is 0 Å². The molecule has 0 aromatic carbocycles. The molecule has 80 valence electrons. The minimum absolute atomic E-state index is 0.668. The largest absolute Gasteiger partial charge is 0.469 e. The standard InChI is InChI=1S/C12H21NO/c1-4-13-9-11(10(2)3)8-12-6-5-7-14-12/h5-7,10-11,13H,4,8-9H2,1-3H3. The number of rotatable bonds is 6. The van der Waals surface area contributed by atoms with Crippen molar-refractivity contribution < 1.29 is 4.42 Å². The molecular formula is C12H21NO. The Hall–Kier alpha value is -0.760. The zero-order chi connectivity index (χ0) is 10.4. The fourth-order valence-electron chi connectivity index (χ4n) is 1.56. The first-order valence-corrected chi connectivity index (χ1v) is 5.47. The summed E-state index contributed by atoms with van der Waals surface area (Å²) >= 11 is 0. The van der Waals surface area contributed by atoms with Crippen molar-refractivity contribution in [2.45, 2.75) is 27.2 Å². The summed E-state index contributed by atoms with van der Waals surface area (Å²) in [6.45, 7) is 8.80. The van der Waals surface area contributed by atoms with Crippen LogP contribution in [0.1, 0.15) is 26.5 Å². The summed E-state index contributed by atoms with van der Waals surface area (Å²) in [4.78, 5) is 0. The third kappa shape index (κ3) is 3.54. The molecule has 2 nitrogen and oxygen atoms in total. The highest BCUT2D eigenvalue weighted by Gasteiger charge is 2.14. The first-order chi connectivity index (χ1) is 6.74. The predicted molar refractivity (Wildman–Crippen MR) is 59.3 cm³/mol. The molecule has 1 atom stereocenters. The molecule has 0 fully saturated rings. The Labute approximate surface area is 86.7 Å². The smallest absolute Gasteiger partial charge is 0.104 e. The van der Waals surface area contributed by atoms with E-state index in [0.717, 1.165) is 25.3 Å². The number of hydrogen-bond donors (Lipinski definition) is 1. The monoisotopic (exact) mass is 195 g/mol. The van der Waals surface area contributed by atoms with E-state index in [-0.39, 0.29) is 0 Å². The van der Waals surface area contributed by atoms with Crippen LogP contribution in [0.2, 0.25) is 0 Å². The van der Waals surface area contributed by atoms with Crippen LogP contribution in [0.25, 0.3) is 0 Å². The Balaban J connectivity index is 2.43. The Kier molecular flexibility index (Phi) is 4.74. The van der Waals surface area contributed by atoms with Crippen molar-refractivity contribution in [2.75, 3.05) is 13.1 Å². The lowest BCUT2D eigenvalue weighted by Crippen LogP contribution is -2.27. The summed E-state index contributed by atoms with van der Waals surface area (Å²) < 4.78 is 5.37. The van der Waals surface area contributed by atoms with E-state index >= 15 is 0 Å². The molecule has 0 aliphatic heterocycles. The van der Waals surface area contributed by atoms with Crippen molar-refractivity contribution in [1.82, 2.24) is 5.32 Å². The molecule has 1 aromatic rings. The van der Waals surface area contributed by atoms with Crippen LogP contribution in [0.4, 0.5) is 0 Å². The molecule has 2 heteroatoms. The molecule has 0 spiro atoms. The first-order valence-electron chi connectivity index (χ1n) is 5.47. The summed E-state index contributed by atoms with van der Waals surface area (Å²) in [6.07, 6.45) is 2.79. The van der Waals surface area contributed by atoms with Gasteiger partial charge in [-0.15, -0.1) is 0 Å². The maximum absolute atomic E-state index is 5.37. The molecule has 0 amide bonds. The molecule has 1 heterocycles. The summed E-state index contributed by atoms with van der Waals surface area (Å²) in [5, 5.41) is 3.40. The second-order valence-corrected chi connectivity index (χ2v) is 4.10. The molecule has 1 unspecified atom stereocenters. The predicted octanol–water partition coefficient (Wildman–Crippen LogP) is 2.70. The Morgan fingerprint density at radius 1 is 1.43 bits per heavy atom. The van der Waals surface area contributed by atoms with Crippen LogP contribution in [0.15, 0.2) is 22.8 Å². The van der Waals surface area contributed by atoms with E-state index in [9.17, 15) is 0 Å². The van der Waals surface area contributed by atoms with Crippen LogP contribution in [0, 0.1) is 11.8 Å². The Morgan fingerprint density at radius 3 is 2.71 bits per heavy atom. The molecule has 0 aliphatic rings. The van der Waals surface area contributed by atoms with E-state index in [1.54, 1.807) is 6.26 Å². The first kappa shape index (κ1) is 11.3. The molecular weight excluding hydrogens is 174 g/mol. The quantitative estimate of drug-likeness (QED) is 0.755. The van der Waals surface area contributed by atoms with Gasteiger partial charge in [-0.05, 0) is 37.1 Å². The van der Waals surface area contributed by atoms with Gasteiger partial charge < -0.3 is 9.73 Å². The third-order valence-electron chi connectivity index (χ3n) is 2.64. The van der Waals surface area contributed by atoms with Gasteiger partial charge in [-0.1, -0.05) is 20.8 Å². The maximum atomic E-state index is 5.37. The Bertz CT molecular complexity index is 228. The topological polar surface area (TPSA) is 25.2 Å². The molecule has 14 heavy (non-hydrogen) atoms. The van der Waals surface area contributed by atoms with Gasteiger partial charge in [-0.25, -0.2) is 0 Å². The van der Waals surface area contributed by atoms with Gasteiger partial charge in [0.15, 0.2) is 0 Å². The van der Waals surface area contributed by atoms with Crippen LogP contribution in [-0.4, -0.2) is 13.1 Å². The second-order valence-electron chi connectivity index (χ2n) is 4.10. The molecule has 1 N–H and O–H groups in total.